The Hall–Kier alpha value is -4.15. The largest absolute Gasteiger partial charge is 0.491 e. The van der Waals surface area contributed by atoms with Gasteiger partial charge in [0.05, 0.1) is 23.6 Å². The molecule has 6 aromatic rings. The Labute approximate surface area is 223 Å². The minimum Gasteiger partial charge on any atom is -0.491 e. The van der Waals surface area contributed by atoms with E-state index in [1.807, 2.05) is 30.6 Å². The number of aryl methyl sites for hydroxylation is 1. The Balaban J connectivity index is 1.20. The third-order valence-electron chi connectivity index (χ3n) is 6.95. The molecule has 1 aliphatic heterocycles. The summed E-state index contributed by atoms with van der Waals surface area (Å²) in [6, 6.07) is 10.3. The number of ether oxygens (including phenoxy) is 1. The molecule has 0 amide bonds. The Bertz CT molecular complexity index is 1750. The molecule has 1 fully saturated rings. The van der Waals surface area contributed by atoms with Crippen LogP contribution in [0.25, 0.3) is 55.3 Å². The highest BCUT2D eigenvalue weighted by molar-refractivity contribution is 7.15. The molecule has 1 aliphatic rings. The smallest absolute Gasteiger partial charge is 0.160 e. The molecular formula is C28H26N8OS. The summed E-state index contributed by atoms with van der Waals surface area (Å²) < 4.78 is 6.01. The topological polar surface area (TPSA) is 108 Å². The summed E-state index contributed by atoms with van der Waals surface area (Å²) in [5.74, 6) is 1.41. The fraction of sp³-hybridized carbons (Fsp3) is 0.250. The molecule has 0 atom stereocenters. The van der Waals surface area contributed by atoms with Crippen molar-refractivity contribution < 1.29 is 4.74 Å². The second kappa shape index (κ2) is 9.62. The third kappa shape index (κ3) is 4.31. The maximum Gasteiger partial charge on any atom is 0.160 e. The lowest BCUT2D eigenvalue weighted by molar-refractivity contribution is 0.237. The van der Waals surface area contributed by atoms with Gasteiger partial charge >= 0.3 is 0 Å². The van der Waals surface area contributed by atoms with Crippen LogP contribution in [0.4, 0.5) is 0 Å². The van der Waals surface area contributed by atoms with E-state index in [4.69, 9.17) is 9.72 Å². The maximum atomic E-state index is 6.01. The lowest BCUT2D eigenvalue weighted by atomic mass is 10.1. The highest BCUT2D eigenvalue weighted by atomic mass is 32.1. The zero-order valence-corrected chi connectivity index (χ0v) is 21.8. The minimum atomic E-state index is 0.649. The van der Waals surface area contributed by atoms with E-state index in [9.17, 15) is 0 Å². The van der Waals surface area contributed by atoms with Crippen molar-refractivity contribution in [3.63, 3.8) is 0 Å². The molecule has 38 heavy (non-hydrogen) atoms. The van der Waals surface area contributed by atoms with Gasteiger partial charge in [0.1, 0.15) is 23.6 Å². The van der Waals surface area contributed by atoms with Crippen LogP contribution in [0, 0.1) is 6.92 Å². The fourth-order valence-electron chi connectivity index (χ4n) is 4.99. The number of aromatic nitrogens is 7. The third-order valence-corrected chi connectivity index (χ3v) is 7.98. The molecule has 0 unspecified atom stereocenters. The van der Waals surface area contributed by atoms with Crippen molar-refractivity contribution >= 4 is 33.4 Å². The van der Waals surface area contributed by atoms with Gasteiger partial charge in [-0.05, 0) is 63.2 Å². The number of nitrogens with one attached hydrogen (secondary N) is 2. The molecule has 10 heteroatoms. The zero-order chi connectivity index (χ0) is 25.5. The first-order valence-corrected chi connectivity index (χ1v) is 13.6. The van der Waals surface area contributed by atoms with Crippen LogP contribution in [0.5, 0.6) is 5.75 Å². The molecule has 7 rings (SSSR count). The average molecular weight is 523 g/mol. The van der Waals surface area contributed by atoms with E-state index in [2.05, 4.69) is 54.1 Å². The molecule has 0 saturated carbocycles. The van der Waals surface area contributed by atoms with Gasteiger partial charge in [0.2, 0.25) is 0 Å². The van der Waals surface area contributed by atoms with E-state index < -0.39 is 0 Å². The summed E-state index contributed by atoms with van der Waals surface area (Å²) in [5, 5.41) is 8.58. The van der Waals surface area contributed by atoms with E-state index in [0.29, 0.717) is 12.4 Å². The zero-order valence-electron chi connectivity index (χ0n) is 20.9. The number of nitrogens with zero attached hydrogens (tertiary/aromatic N) is 6. The minimum absolute atomic E-state index is 0.649. The first-order valence-electron chi connectivity index (χ1n) is 12.8. The van der Waals surface area contributed by atoms with Crippen molar-refractivity contribution in [3.05, 3.63) is 60.0 Å². The van der Waals surface area contributed by atoms with Gasteiger partial charge < -0.3 is 9.72 Å². The van der Waals surface area contributed by atoms with Crippen molar-refractivity contribution in [1.82, 2.24) is 40.0 Å². The number of H-pyrrole nitrogens is 2. The van der Waals surface area contributed by atoms with Crippen molar-refractivity contribution in [2.24, 2.45) is 0 Å². The molecule has 0 aromatic carbocycles. The van der Waals surface area contributed by atoms with Crippen LogP contribution in [-0.4, -0.2) is 66.3 Å². The van der Waals surface area contributed by atoms with Crippen LogP contribution >= 0.6 is 11.3 Å². The predicted molar refractivity (Wildman–Crippen MR) is 149 cm³/mol. The highest BCUT2D eigenvalue weighted by Crippen LogP contribution is 2.34. The molecule has 1 saturated heterocycles. The number of likely N-dealkylation sites (tertiary alicyclic amines) is 1. The molecule has 0 spiro atoms. The quantitative estimate of drug-likeness (QED) is 0.286. The number of hydrogen-bond donors (Lipinski definition) is 2. The SMILES string of the molecule is Cc1ccc(-c2ccnc3[nH]c(-c4n[nH]c5cnc(-c6cncc(OCCN7CCCC7)c6)cc45)nc23)s1. The van der Waals surface area contributed by atoms with Crippen molar-refractivity contribution in [1.29, 1.82) is 0 Å². The normalized spacial score (nSPS) is 14.1. The molecule has 7 heterocycles. The Morgan fingerprint density at radius 3 is 2.84 bits per heavy atom. The van der Waals surface area contributed by atoms with Gasteiger partial charge in [-0.25, -0.2) is 9.97 Å². The lowest BCUT2D eigenvalue weighted by Gasteiger charge is -2.15. The van der Waals surface area contributed by atoms with Gasteiger partial charge in [0.25, 0.3) is 0 Å². The number of aromatic amines is 2. The van der Waals surface area contributed by atoms with Crippen LogP contribution in [0.2, 0.25) is 0 Å². The average Bonchev–Trinajstić information content (AvgIpc) is 3.74. The number of fused-ring (bicyclic) bond motifs is 2. The van der Waals surface area contributed by atoms with Crippen LogP contribution < -0.4 is 4.74 Å². The van der Waals surface area contributed by atoms with E-state index in [1.165, 1.54) is 22.6 Å². The molecule has 9 nitrogen and oxygen atoms in total. The summed E-state index contributed by atoms with van der Waals surface area (Å²) in [6.45, 7) is 6.02. The first kappa shape index (κ1) is 23.0. The Morgan fingerprint density at radius 1 is 1.05 bits per heavy atom. The number of imidazole rings is 1. The predicted octanol–water partition coefficient (Wildman–Crippen LogP) is 5.47. The summed E-state index contributed by atoms with van der Waals surface area (Å²) in [6.07, 6.45) is 9.73. The van der Waals surface area contributed by atoms with Crippen LogP contribution in [-0.2, 0) is 0 Å². The van der Waals surface area contributed by atoms with Crippen molar-refractivity contribution in [2.75, 3.05) is 26.2 Å². The fourth-order valence-corrected chi connectivity index (χ4v) is 5.89. The summed E-state index contributed by atoms with van der Waals surface area (Å²) in [7, 11) is 0. The van der Waals surface area contributed by atoms with Gasteiger partial charge in [0, 0.05) is 45.2 Å². The van der Waals surface area contributed by atoms with Crippen LogP contribution in [0.3, 0.4) is 0 Å². The van der Waals surface area contributed by atoms with E-state index >= 15 is 0 Å². The first-order chi connectivity index (χ1) is 18.7. The van der Waals surface area contributed by atoms with Gasteiger partial charge in [-0.3, -0.25) is 20.0 Å². The van der Waals surface area contributed by atoms with Gasteiger partial charge in [-0.15, -0.1) is 11.3 Å². The Morgan fingerprint density at radius 2 is 1.97 bits per heavy atom. The van der Waals surface area contributed by atoms with Gasteiger partial charge in [-0.1, -0.05) is 0 Å². The van der Waals surface area contributed by atoms with E-state index in [0.717, 1.165) is 70.0 Å². The molecule has 6 aromatic heterocycles. The lowest BCUT2D eigenvalue weighted by Crippen LogP contribution is -2.25. The van der Waals surface area contributed by atoms with Gasteiger partial charge in [0.15, 0.2) is 11.5 Å². The monoisotopic (exact) mass is 522 g/mol. The molecule has 0 bridgehead atoms. The summed E-state index contributed by atoms with van der Waals surface area (Å²) in [4.78, 5) is 26.7. The molecule has 0 aliphatic carbocycles. The van der Waals surface area contributed by atoms with E-state index in [1.54, 1.807) is 23.7 Å². The van der Waals surface area contributed by atoms with E-state index in [-0.39, 0.29) is 0 Å². The number of hydrogen-bond acceptors (Lipinski definition) is 8. The second-order valence-electron chi connectivity index (χ2n) is 9.55. The summed E-state index contributed by atoms with van der Waals surface area (Å²) in [5.41, 5.74) is 5.86. The number of rotatable bonds is 7. The second-order valence-corrected chi connectivity index (χ2v) is 10.8. The number of thiophene rings is 1. The Kier molecular flexibility index (Phi) is 5.82. The summed E-state index contributed by atoms with van der Waals surface area (Å²) >= 11 is 1.75. The van der Waals surface area contributed by atoms with Crippen LogP contribution in [0.15, 0.2) is 55.1 Å². The number of pyridine rings is 3. The molecule has 2 N–H and O–H groups in total. The van der Waals surface area contributed by atoms with Crippen LogP contribution in [0.1, 0.15) is 17.7 Å². The van der Waals surface area contributed by atoms with Crippen molar-refractivity contribution in [3.8, 4) is 39.0 Å². The molecular weight excluding hydrogens is 496 g/mol. The van der Waals surface area contributed by atoms with Gasteiger partial charge in [-0.2, -0.15) is 5.10 Å². The maximum absolute atomic E-state index is 6.01. The molecule has 0 radical (unpaired) electrons. The standard InChI is InChI=1S/C28H26N8OS/c1-17-4-5-24(38-17)20-6-7-30-27-25(20)32-28(33-27)26-21-13-22(31-16-23(21)34-35-26)18-12-19(15-29-14-18)37-11-10-36-8-2-3-9-36/h4-7,12-16H,2-3,8-11H2,1H3,(H,34,35)(H,30,32,33). The van der Waals surface area contributed by atoms with Crippen molar-refractivity contribution in [2.45, 2.75) is 19.8 Å². The highest BCUT2D eigenvalue weighted by Gasteiger charge is 2.18. The molecule has 190 valence electrons.